The predicted octanol–water partition coefficient (Wildman–Crippen LogP) is 3.28. The van der Waals surface area contributed by atoms with E-state index in [9.17, 15) is 4.79 Å². The standard InChI is InChI=1S/C17H20BrN5O2S/c18-11-5-6-15-13(9-11)14(7-8-25-15)19-16(24)10-26-17-20-21-22-23(17)12-3-1-2-4-12/h5-6,9,12,14H,1-4,7-8,10H2,(H,19,24). The van der Waals surface area contributed by atoms with Gasteiger partial charge in [-0.1, -0.05) is 40.5 Å². The van der Waals surface area contributed by atoms with E-state index in [1.165, 1.54) is 24.6 Å². The number of hydrogen-bond acceptors (Lipinski definition) is 6. The summed E-state index contributed by atoms with van der Waals surface area (Å²) < 4.78 is 8.53. The van der Waals surface area contributed by atoms with Crippen LogP contribution in [-0.4, -0.2) is 38.5 Å². The fraction of sp³-hybridized carbons (Fsp3) is 0.529. The molecule has 2 aliphatic rings. The highest BCUT2D eigenvalue weighted by molar-refractivity contribution is 9.10. The first kappa shape index (κ1) is 17.8. The molecule has 9 heteroatoms. The maximum atomic E-state index is 12.5. The minimum absolute atomic E-state index is 0.0196. The van der Waals surface area contributed by atoms with E-state index >= 15 is 0 Å². The van der Waals surface area contributed by atoms with Gasteiger partial charge in [0, 0.05) is 16.5 Å². The summed E-state index contributed by atoms with van der Waals surface area (Å²) in [6, 6.07) is 6.22. The molecular formula is C17H20BrN5O2S. The molecule has 1 N–H and O–H groups in total. The highest BCUT2D eigenvalue weighted by Gasteiger charge is 2.25. The number of carbonyl (C=O) groups excluding carboxylic acids is 1. The molecule has 0 spiro atoms. The molecule has 0 saturated heterocycles. The van der Waals surface area contributed by atoms with Crippen molar-refractivity contribution in [1.82, 2.24) is 25.5 Å². The molecule has 4 rings (SSSR count). The van der Waals surface area contributed by atoms with Gasteiger partial charge in [0.25, 0.3) is 0 Å². The number of tetrazole rings is 1. The number of rotatable bonds is 5. The SMILES string of the molecule is O=C(CSc1nnnn1C1CCCC1)NC1CCOc2ccc(Br)cc21. The minimum atomic E-state index is -0.0322. The molecule has 0 radical (unpaired) electrons. The summed E-state index contributed by atoms with van der Waals surface area (Å²) in [4.78, 5) is 12.5. The summed E-state index contributed by atoms with van der Waals surface area (Å²) in [5, 5.41) is 15.8. The van der Waals surface area contributed by atoms with Gasteiger partial charge in [-0.3, -0.25) is 4.79 Å². The van der Waals surface area contributed by atoms with E-state index in [0.29, 0.717) is 18.4 Å². The molecule has 0 bridgehead atoms. The number of hydrogen-bond donors (Lipinski definition) is 1. The van der Waals surface area contributed by atoms with Gasteiger partial charge >= 0.3 is 0 Å². The average Bonchev–Trinajstić information content (AvgIpc) is 3.31. The molecule has 138 valence electrons. The van der Waals surface area contributed by atoms with E-state index in [4.69, 9.17) is 4.74 Å². The monoisotopic (exact) mass is 437 g/mol. The molecule has 2 heterocycles. The molecule has 1 aromatic carbocycles. The molecule has 2 aromatic rings. The third-order valence-electron chi connectivity index (χ3n) is 4.81. The Morgan fingerprint density at radius 1 is 1.35 bits per heavy atom. The van der Waals surface area contributed by atoms with Crippen LogP contribution in [0.25, 0.3) is 0 Å². The molecule has 1 aromatic heterocycles. The summed E-state index contributed by atoms with van der Waals surface area (Å²) in [7, 11) is 0. The van der Waals surface area contributed by atoms with Gasteiger partial charge in [-0.25, -0.2) is 4.68 Å². The Balaban J connectivity index is 1.37. The Morgan fingerprint density at radius 2 is 2.19 bits per heavy atom. The number of carbonyl (C=O) groups is 1. The molecule has 26 heavy (non-hydrogen) atoms. The number of nitrogens with one attached hydrogen (secondary N) is 1. The number of benzene rings is 1. The Morgan fingerprint density at radius 3 is 3.04 bits per heavy atom. The first-order chi connectivity index (χ1) is 12.7. The minimum Gasteiger partial charge on any atom is -0.493 e. The smallest absolute Gasteiger partial charge is 0.230 e. The van der Waals surface area contributed by atoms with Crippen LogP contribution in [0.15, 0.2) is 27.8 Å². The van der Waals surface area contributed by atoms with E-state index < -0.39 is 0 Å². The second-order valence-corrected chi connectivity index (χ2v) is 8.43. The molecule has 1 aliphatic heterocycles. The Kier molecular flexibility index (Phi) is 5.44. The van der Waals surface area contributed by atoms with Crippen LogP contribution in [0.3, 0.4) is 0 Å². The van der Waals surface area contributed by atoms with Crippen molar-refractivity contribution >= 4 is 33.6 Å². The van der Waals surface area contributed by atoms with Crippen LogP contribution in [-0.2, 0) is 4.79 Å². The number of thioether (sulfide) groups is 1. The van der Waals surface area contributed by atoms with Crippen molar-refractivity contribution in [2.75, 3.05) is 12.4 Å². The zero-order valence-corrected chi connectivity index (χ0v) is 16.6. The Labute approximate surface area is 164 Å². The number of amides is 1. The summed E-state index contributed by atoms with van der Waals surface area (Å²) in [6.07, 6.45) is 5.42. The maximum Gasteiger partial charge on any atom is 0.230 e. The Hall–Kier alpha value is -1.61. The van der Waals surface area contributed by atoms with Crippen molar-refractivity contribution < 1.29 is 9.53 Å². The predicted molar refractivity (Wildman–Crippen MR) is 101 cm³/mol. The second kappa shape index (κ2) is 7.96. The van der Waals surface area contributed by atoms with Crippen molar-refractivity contribution in [1.29, 1.82) is 0 Å². The van der Waals surface area contributed by atoms with Crippen LogP contribution in [0.5, 0.6) is 5.75 Å². The van der Waals surface area contributed by atoms with Crippen molar-refractivity contribution in [3.05, 3.63) is 28.2 Å². The fourth-order valence-corrected chi connectivity index (χ4v) is 4.67. The van der Waals surface area contributed by atoms with Crippen LogP contribution < -0.4 is 10.1 Å². The highest BCUT2D eigenvalue weighted by atomic mass is 79.9. The van der Waals surface area contributed by atoms with Gasteiger partial charge in [0.05, 0.1) is 24.4 Å². The lowest BCUT2D eigenvalue weighted by Crippen LogP contribution is -2.33. The zero-order chi connectivity index (χ0) is 17.9. The van der Waals surface area contributed by atoms with Crippen molar-refractivity contribution in [3.63, 3.8) is 0 Å². The van der Waals surface area contributed by atoms with E-state index in [1.54, 1.807) is 0 Å². The van der Waals surface area contributed by atoms with Gasteiger partial charge in [-0.2, -0.15) is 0 Å². The molecule has 1 amide bonds. The van der Waals surface area contributed by atoms with Gasteiger partial charge in [-0.05, 0) is 41.5 Å². The summed E-state index contributed by atoms with van der Waals surface area (Å²) in [6.45, 7) is 0.604. The third kappa shape index (κ3) is 3.88. The number of halogens is 1. The number of nitrogens with zero attached hydrogens (tertiary/aromatic N) is 4. The van der Waals surface area contributed by atoms with Crippen molar-refractivity contribution in [2.45, 2.75) is 49.3 Å². The summed E-state index contributed by atoms with van der Waals surface area (Å²) in [5.74, 6) is 1.12. The quantitative estimate of drug-likeness (QED) is 0.722. The summed E-state index contributed by atoms with van der Waals surface area (Å²) in [5.41, 5.74) is 1.01. The van der Waals surface area contributed by atoms with E-state index in [1.807, 2.05) is 22.9 Å². The van der Waals surface area contributed by atoms with Crippen LogP contribution >= 0.6 is 27.7 Å². The van der Waals surface area contributed by atoms with Crippen LogP contribution in [0.1, 0.15) is 49.8 Å². The third-order valence-corrected chi connectivity index (χ3v) is 6.24. The molecular weight excluding hydrogens is 418 g/mol. The molecule has 1 fully saturated rings. The number of ether oxygens (including phenoxy) is 1. The first-order valence-corrected chi connectivity index (χ1v) is 10.6. The fourth-order valence-electron chi connectivity index (χ4n) is 3.54. The van der Waals surface area contributed by atoms with Gasteiger partial charge in [-0.15, -0.1) is 5.10 Å². The van der Waals surface area contributed by atoms with Crippen LogP contribution in [0.2, 0.25) is 0 Å². The van der Waals surface area contributed by atoms with Gasteiger partial charge in [0.1, 0.15) is 5.75 Å². The molecule has 1 atom stereocenters. The van der Waals surface area contributed by atoms with Crippen molar-refractivity contribution in [3.8, 4) is 5.75 Å². The summed E-state index contributed by atoms with van der Waals surface area (Å²) >= 11 is 4.88. The molecule has 1 unspecified atom stereocenters. The first-order valence-electron chi connectivity index (χ1n) is 8.83. The van der Waals surface area contributed by atoms with Crippen LogP contribution in [0, 0.1) is 0 Å². The number of aromatic nitrogens is 4. The Bertz CT molecular complexity index is 793. The van der Waals surface area contributed by atoms with Crippen LogP contribution in [0.4, 0.5) is 0 Å². The van der Waals surface area contributed by atoms with E-state index in [2.05, 4.69) is 36.8 Å². The van der Waals surface area contributed by atoms with Gasteiger partial charge < -0.3 is 10.1 Å². The maximum absolute atomic E-state index is 12.5. The molecule has 7 nitrogen and oxygen atoms in total. The lowest BCUT2D eigenvalue weighted by Gasteiger charge is -2.26. The lowest BCUT2D eigenvalue weighted by molar-refractivity contribution is -0.119. The van der Waals surface area contributed by atoms with E-state index in [-0.39, 0.29) is 11.9 Å². The molecule has 1 aliphatic carbocycles. The largest absolute Gasteiger partial charge is 0.493 e. The zero-order valence-electron chi connectivity index (χ0n) is 14.2. The topological polar surface area (TPSA) is 81.9 Å². The van der Waals surface area contributed by atoms with Crippen molar-refractivity contribution in [2.24, 2.45) is 0 Å². The lowest BCUT2D eigenvalue weighted by atomic mass is 10.0. The van der Waals surface area contributed by atoms with Gasteiger partial charge in [0.2, 0.25) is 11.1 Å². The highest BCUT2D eigenvalue weighted by Crippen LogP contribution is 2.34. The average molecular weight is 438 g/mol. The van der Waals surface area contributed by atoms with E-state index in [0.717, 1.165) is 40.2 Å². The molecule has 1 saturated carbocycles. The second-order valence-electron chi connectivity index (χ2n) is 6.57. The normalized spacial score (nSPS) is 19.8. The number of fused-ring (bicyclic) bond motifs is 1. The van der Waals surface area contributed by atoms with Gasteiger partial charge in [0.15, 0.2) is 0 Å².